The van der Waals surface area contributed by atoms with Crippen molar-refractivity contribution in [2.75, 3.05) is 29.4 Å². The third kappa shape index (κ3) is 4.61. The predicted octanol–water partition coefficient (Wildman–Crippen LogP) is 2.83. The number of urea groups is 1. The van der Waals surface area contributed by atoms with Gasteiger partial charge < -0.3 is 9.64 Å². The summed E-state index contributed by atoms with van der Waals surface area (Å²) < 4.78 is 20.1. The van der Waals surface area contributed by atoms with Gasteiger partial charge in [-0.15, -0.1) is 0 Å². The van der Waals surface area contributed by atoms with Crippen molar-refractivity contribution < 1.29 is 23.5 Å². The van der Waals surface area contributed by atoms with Crippen LogP contribution in [-0.2, 0) is 14.3 Å². The molecule has 2 aliphatic heterocycles. The van der Waals surface area contributed by atoms with Gasteiger partial charge in [-0.2, -0.15) is 0 Å². The average molecular weight is 391 g/mol. The van der Waals surface area contributed by atoms with Gasteiger partial charge in [0, 0.05) is 31.7 Å². The van der Waals surface area contributed by atoms with Crippen molar-refractivity contribution in [2.45, 2.75) is 45.6 Å². The lowest BCUT2D eigenvalue weighted by molar-refractivity contribution is -0.160. The number of esters is 1. The minimum atomic E-state index is -0.610. The van der Waals surface area contributed by atoms with Crippen molar-refractivity contribution in [3.05, 3.63) is 24.0 Å². The minimum Gasteiger partial charge on any atom is -0.460 e. The molecule has 2 saturated heterocycles. The summed E-state index contributed by atoms with van der Waals surface area (Å²) >= 11 is 0. The minimum absolute atomic E-state index is 0.144. The second-order valence-corrected chi connectivity index (χ2v) is 8.19. The van der Waals surface area contributed by atoms with E-state index in [1.165, 1.54) is 11.0 Å². The fourth-order valence-corrected chi connectivity index (χ4v) is 3.46. The van der Waals surface area contributed by atoms with Crippen molar-refractivity contribution in [3.8, 4) is 0 Å². The molecule has 0 aliphatic carbocycles. The smallest absolute Gasteiger partial charge is 0.328 e. The lowest BCUT2D eigenvalue weighted by Crippen LogP contribution is -2.49. The number of anilines is 2. The summed E-state index contributed by atoms with van der Waals surface area (Å²) in [4.78, 5) is 38.6. The van der Waals surface area contributed by atoms with Gasteiger partial charge in [0.2, 0.25) is 5.91 Å². The standard InChI is InChI=1S/C20H26FN3O4/c1-20(2,3)28-18(26)13-6-9-23(10-7-13)14-4-5-16(15(21)12-14)24-11-8-17(25)22-19(24)27/h4-5,12-13H,6-11H2,1-3H3,(H,22,25,27). The summed E-state index contributed by atoms with van der Waals surface area (Å²) in [6.45, 7) is 6.96. The molecule has 1 N–H and O–H groups in total. The Morgan fingerprint density at radius 1 is 1.18 bits per heavy atom. The van der Waals surface area contributed by atoms with E-state index in [1.54, 1.807) is 12.1 Å². The Hall–Kier alpha value is -2.64. The van der Waals surface area contributed by atoms with Crippen molar-refractivity contribution in [2.24, 2.45) is 5.92 Å². The number of hydrogen-bond donors (Lipinski definition) is 1. The van der Waals surface area contributed by atoms with Gasteiger partial charge in [0.05, 0.1) is 11.6 Å². The maximum Gasteiger partial charge on any atom is 0.328 e. The summed E-state index contributed by atoms with van der Waals surface area (Å²) in [5, 5.41) is 2.19. The Bertz CT molecular complexity index is 782. The van der Waals surface area contributed by atoms with Gasteiger partial charge in [-0.05, 0) is 51.8 Å². The fraction of sp³-hybridized carbons (Fsp3) is 0.550. The van der Waals surface area contributed by atoms with Gasteiger partial charge in [-0.25, -0.2) is 9.18 Å². The molecule has 2 aliphatic rings. The molecule has 0 spiro atoms. The van der Waals surface area contributed by atoms with Crippen molar-refractivity contribution in [1.82, 2.24) is 5.32 Å². The maximum atomic E-state index is 14.6. The quantitative estimate of drug-likeness (QED) is 0.802. The van der Waals surface area contributed by atoms with Crippen LogP contribution < -0.4 is 15.1 Å². The molecule has 1 aromatic rings. The van der Waals surface area contributed by atoms with E-state index in [2.05, 4.69) is 5.32 Å². The zero-order valence-corrected chi connectivity index (χ0v) is 16.5. The molecule has 3 rings (SSSR count). The van der Waals surface area contributed by atoms with Crippen LogP contribution in [0.3, 0.4) is 0 Å². The Morgan fingerprint density at radius 3 is 2.43 bits per heavy atom. The molecule has 0 unspecified atom stereocenters. The summed E-state index contributed by atoms with van der Waals surface area (Å²) in [7, 11) is 0. The summed E-state index contributed by atoms with van der Waals surface area (Å²) in [6, 6.07) is 4.10. The van der Waals surface area contributed by atoms with E-state index in [0.29, 0.717) is 31.6 Å². The van der Waals surface area contributed by atoms with E-state index in [1.807, 2.05) is 25.7 Å². The summed E-state index contributed by atoms with van der Waals surface area (Å²) in [5.74, 6) is -1.20. The zero-order chi connectivity index (χ0) is 20.5. The first-order valence-corrected chi connectivity index (χ1v) is 9.53. The Morgan fingerprint density at radius 2 is 1.86 bits per heavy atom. The molecule has 0 radical (unpaired) electrons. The number of carbonyl (C=O) groups is 3. The lowest BCUT2D eigenvalue weighted by atomic mass is 9.96. The SMILES string of the molecule is CC(C)(C)OC(=O)C1CCN(c2ccc(N3CCC(=O)NC3=O)c(F)c2)CC1. The number of benzene rings is 1. The molecule has 3 amide bonds. The highest BCUT2D eigenvalue weighted by Gasteiger charge is 2.30. The number of nitrogens with zero attached hydrogens (tertiary/aromatic N) is 2. The highest BCUT2D eigenvalue weighted by Crippen LogP contribution is 2.30. The number of piperidine rings is 1. The molecule has 0 aromatic heterocycles. The third-order valence-corrected chi connectivity index (χ3v) is 4.88. The van der Waals surface area contributed by atoms with Crippen molar-refractivity contribution in [3.63, 3.8) is 0 Å². The van der Waals surface area contributed by atoms with E-state index in [-0.39, 0.29) is 36.4 Å². The molecule has 2 heterocycles. The van der Waals surface area contributed by atoms with Gasteiger partial charge in [0.1, 0.15) is 11.4 Å². The van der Waals surface area contributed by atoms with E-state index in [4.69, 9.17) is 4.74 Å². The van der Waals surface area contributed by atoms with Crippen molar-refractivity contribution in [1.29, 1.82) is 0 Å². The molecule has 0 atom stereocenters. The number of ether oxygens (including phenoxy) is 1. The second-order valence-electron chi connectivity index (χ2n) is 8.19. The number of imide groups is 1. The summed E-state index contributed by atoms with van der Waals surface area (Å²) in [5.41, 5.74) is 0.355. The Labute approximate surface area is 163 Å². The van der Waals surface area contributed by atoms with Crippen LogP contribution in [0.4, 0.5) is 20.6 Å². The van der Waals surface area contributed by atoms with Gasteiger partial charge in [-0.1, -0.05) is 0 Å². The largest absolute Gasteiger partial charge is 0.460 e. The van der Waals surface area contributed by atoms with E-state index < -0.39 is 17.4 Å². The second kappa shape index (κ2) is 7.77. The number of nitrogens with one attached hydrogen (secondary N) is 1. The predicted molar refractivity (Wildman–Crippen MR) is 103 cm³/mol. The zero-order valence-electron chi connectivity index (χ0n) is 16.5. The van der Waals surface area contributed by atoms with Gasteiger partial charge >= 0.3 is 12.0 Å². The molecular weight excluding hydrogens is 365 g/mol. The number of amides is 3. The van der Waals surface area contributed by atoms with Crippen LogP contribution in [0.15, 0.2) is 18.2 Å². The first kappa shape index (κ1) is 20.1. The average Bonchev–Trinajstić information content (AvgIpc) is 2.61. The van der Waals surface area contributed by atoms with Crippen molar-refractivity contribution >= 4 is 29.3 Å². The topological polar surface area (TPSA) is 79.0 Å². The normalized spacial score (nSPS) is 18.9. The monoisotopic (exact) mass is 391 g/mol. The van der Waals surface area contributed by atoms with Gasteiger partial charge in [-0.3, -0.25) is 19.8 Å². The molecular formula is C20H26FN3O4. The Kier molecular flexibility index (Phi) is 5.58. The van der Waals surface area contributed by atoms with Crippen LogP contribution in [0.2, 0.25) is 0 Å². The van der Waals surface area contributed by atoms with Crippen LogP contribution >= 0.6 is 0 Å². The van der Waals surface area contributed by atoms with Crippen LogP contribution in [0.25, 0.3) is 0 Å². The van der Waals surface area contributed by atoms with Crippen LogP contribution in [0, 0.1) is 11.7 Å². The highest BCUT2D eigenvalue weighted by atomic mass is 19.1. The first-order valence-electron chi connectivity index (χ1n) is 9.53. The van der Waals surface area contributed by atoms with Crippen LogP contribution in [0.5, 0.6) is 0 Å². The van der Waals surface area contributed by atoms with E-state index in [0.717, 1.165) is 0 Å². The molecule has 28 heavy (non-hydrogen) atoms. The number of rotatable bonds is 3. The van der Waals surface area contributed by atoms with Gasteiger partial charge in [0.15, 0.2) is 0 Å². The Balaban J connectivity index is 1.63. The fourth-order valence-electron chi connectivity index (χ4n) is 3.46. The molecule has 7 nitrogen and oxygen atoms in total. The highest BCUT2D eigenvalue weighted by molar-refractivity contribution is 6.05. The van der Waals surface area contributed by atoms with Gasteiger partial charge in [0.25, 0.3) is 0 Å². The lowest BCUT2D eigenvalue weighted by Gasteiger charge is -2.34. The first-order chi connectivity index (χ1) is 13.1. The van der Waals surface area contributed by atoms with Crippen LogP contribution in [-0.4, -0.2) is 43.1 Å². The maximum absolute atomic E-state index is 14.6. The molecule has 0 bridgehead atoms. The molecule has 2 fully saturated rings. The van der Waals surface area contributed by atoms with Crippen LogP contribution in [0.1, 0.15) is 40.0 Å². The number of carbonyl (C=O) groups excluding carboxylic acids is 3. The molecule has 0 saturated carbocycles. The number of halogens is 1. The van der Waals surface area contributed by atoms with E-state index >= 15 is 0 Å². The molecule has 152 valence electrons. The molecule has 1 aromatic carbocycles. The summed E-state index contributed by atoms with van der Waals surface area (Å²) in [6.07, 6.45) is 1.44. The molecule has 8 heteroatoms. The third-order valence-electron chi connectivity index (χ3n) is 4.88. The number of hydrogen-bond acceptors (Lipinski definition) is 5. The van der Waals surface area contributed by atoms with E-state index in [9.17, 15) is 18.8 Å².